The number of aromatic nitrogens is 2. The van der Waals surface area contributed by atoms with Crippen molar-refractivity contribution in [2.45, 2.75) is 24.9 Å². The van der Waals surface area contributed by atoms with Crippen LogP contribution in [0, 0.1) is 0 Å². The minimum Gasteiger partial charge on any atom is -0.507 e. The van der Waals surface area contributed by atoms with E-state index in [2.05, 4.69) is 20.0 Å². The van der Waals surface area contributed by atoms with Gasteiger partial charge in [-0.05, 0) is 49.2 Å². The number of anilines is 3. The summed E-state index contributed by atoms with van der Waals surface area (Å²) >= 11 is 0. The van der Waals surface area contributed by atoms with Gasteiger partial charge in [-0.25, -0.2) is 4.79 Å². The van der Waals surface area contributed by atoms with E-state index in [1.807, 2.05) is 18.2 Å². The molecule has 158 valence electrons. The van der Waals surface area contributed by atoms with E-state index in [0.29, 0.717) is 22.6 Å². The second-order valence-corrected chi connectivity index (χ2v) is 8.07. The van der Waals surface area contributed by atoms with Gasteiger partial charge < -0.3 is 25.7 Å². The SMILES string of the molecule is Nc1nnc(-c2ccccc2O)cc1N1C[C@H]2CC[C@@H](C1)N2c1cccc(C(=O)O)c1. The third-order valence-corrected chi connectivity index (χ3v) is 6.20. The average Bonchev–Trinajstić information content (AvgIpc) is 3.04. The van der Waals surface area contributed by atoms with Gasteiger partial charge >= 0.3 is 5.97 Å². The Kier molecular flexibility index (Phi) is 4.62. The number of para-hydroxylation sites is 1. The summed E-state index contributed by atoms with van der Waals surface area (Å²) in [6.07, 6.45) is 2.06. The highest BCUT2D eigenvalue weighted by molar-refractivity contribution is 5.89. The predicted molar refractivity (Wildman–Crippen MR) is 118 cm³/mol. The van der Waals surface area contributed by atoms with Gasteiger partial charge in [0.1, 0.15) is 5.75 Å². The summed E-state index contributed by atoms with van der Waals surface area (Å²) in [5.74, 6) is -0.407. The van der Waals surface area contributed by atoms with Crippen molar-refractivity contribution in [3.63, 3.8) is 0 Å². The van der Waals surface area contributed by atoms with Gasteiger partial charge in [-0.1, -0.05) is 18.2 Å². The van der Waals surface area contributed by atoms with Gasteiger partial charge in [-0.3, -0.25) is 0 Å². The molecule has 31 heavy (non-hydrogen) atoms. The number of carbonyl (C=O) groups is 1. The second kappa shape index (κ2) is 7.46. The fourth-order valence-corrected chi connectivity index (χ4v) is 4.79. The van der Waals surface area contributed by atoms with Gasteiger partial charge in [-0.2, -0.15) is 0 Å². The topological polar surface area (TPSA) is 116 Å². The third-order valence-electron chi connectivity index (χ3n) is 6.20. The summed E-state index contributed by atoms with van der Waals surface area (Å²) in [4.78, 5) is 16.0. The zero-order valence-corrected chi connectivity index (χ0v) is 16.8. The molecular formula is C23H23N5O3. The molecule has 4 N–H and O–H groups in total. The number of hydrogen-bond donors (Lipinski definition) is 3. The van der Waals surface area contributed by atoms with Crippen LogP contribution in [0.5, 0.6) is 5.75 Å². The lowest BCUT2D eigenvalue weighted by Gasteiger charge is -2.43. The molecule has 5 rings (SSSR count). The lowest BCUT2D eigenvalue weighted by molar-refractivity contribution is 0.0697. The monoisotopic (exact) mass is 417 g/mol. The number of piperazine rings is 1. The van der Waals surface area contributed by atoms with Crippen molar-refractivity contribution in [3.8, 4) is 17.0 Å². The van der Waals surface area contributed by atoms with Crippen molar-refractivity contribution >= 4 is 23.2 Å². The molecule has 8 nitrogen and oxygen atoms in total. The van der Waals surface area contributed by atoms with Crippen LogP contribution in [-0.4, -0.2) is 51.6 Å². The molecule has 8 heteroatoms. The Labute approximate surface area is 179 Å². The maximum Gasteiger partial charge on any atom is 0.335 e. The number of nitrogens with zero attached hydrogens (tertiary/aromatic N) is 4. The molecule has 0 radical (unpaired) electrons. The summed E-state index contributed by atoms with van der Waals surface area (Å²) < 4.78 is 0. The second-order valence-electron chi connectivity index (χ2n) is 8.07. The Morgan fingerprint density at radius 1 is 1.00 bits per heavy atom. The lowest BCUT2D eigenvalue weighted by atomic mass is 10.1. The Morgan fingerprint density at radius 2 is 1.74 bits per heavy atom. The van der Waals surface area contributed by atoms with E-state index < -0.39 is 5.97 Å². The average molecular weight is 417 g/mol. The van der Waals surface area contributed by atoms with Crippen LogP contribution in [0.15, 0.2) is 54.6 Å². The summed E-state index contributed by atoms with van der Waals surface area (Å²) in [6, 6.07) is 16.6. The van der Waals surface area contributed by atoms with Crippen molar-refractivity contribution in [1.82, 2.24) is 10.2 Å². The zero-order chi connectivity index (χ0) is 21.5. The van der Waals surface area contributed by atoms with Gasteiger partial charge in [0.15, 0.2) is 5.82 Å². The Bertz CT molecular complexity index is 1140. The first-order valence-corrected chi connectivity index (χ1v) is 10.3. The van der Waals surface area contributed by atoms with E-state index >= 15 is 0 Å². The minimum absolute atomic E-state index is 0.149. The third kappa shape index (κ3) is 3.39. The van der Waals surface area contributed by atoms with Crippen LogP contribution in [0.3, 0.4) is 0 Å². The van der Waals surface area contributed by atoms with E-state index in [1.54, 1.807) is 36.4 Å². The predicted octanol–water partition coefficient (Wildman–Crippen LogP) is 2.99. The van der Waals surface area contributed by atoms with E-state index in [1.165, 1.54) is 0 Å². The Hall–Kier alpha value is -3.81. The highest BCUT2D eigenvalue weighted by atomic mass is 16.4. The number of nitrogens with two attached hydrogens (primary N) is 1. The number of hydrogen-bond acceptors (Lipinski definition) is 7. The number of benzene rings is 2. The van der Waals surface area contributed by atoms with E-state index in [0.717, 1.165) is 37.3 Å². The van der Waals surface area contributed by atoms with Crippen molar-refractivity contribution in [2.75, 3.05) is 28.6 Å². The molecule has 0 unspecified atom stereocenters. The first-order chi connectivity index (χ1) is 15.0. The van der Waals surface area contributed by atoms with Crippen LogP contribution in [0.1, 0.15) is 23.2 Å². The largest absolute Gasteiger partial charge is 0.507 e. The van der Waals surface area contributed by atoms with Crippen LogP contribution < -0.4 is 15.5 Å². The lowest BCUT2D eigenvalue weighted by Crippen LogP contribution is -2.54. The standard InChI is InChI=1S/C23H23N5O3/c24-22-20(11-19(25-26-22)18-6-1-2-7-21(18)29)27-12-16-8-9-17(13-27)28(16)15-5-3-4-14(10-15)23(30)31/h1-7,10-11,16-17,29H,8-9,12-13H2,(H2,24,26)(H,30,31)/t16-,17+. The maximum atomic E-state index is 11.4. The molecule has 3 aromatic rings. The molecule has 0 spiro atoms. The molecule has 2 saturated heterocycles. The van der Waals surface area contributed by atoms with E-state index in [9.17, 15) is 15.0 Å². The number of phenolic OH excluding ortho intramolecular Hbond substituents is 1. The molecule has 2 bridgehead atoms. The quantitative estimate of drug-likeness (QED) is 0.593. The number of aromatic hydroxyl groups is 1. The van der Waals surface area contributed by atoms with Crippen LogP contribution >= 0.6 is 0 Å². The molecule has 1 aromatic heterocycles. The fourth-order valence-electron chi connectivity index (χ4n) is 4.79. The van der Waals surface area contributed by atoms with Crippen LogP contribution in [0.2, 0.25) is 0 Å². The Balaban J connectivity index is 1.44. The highest BCUT2D eigenvalue weighted by Crippen LogP contribution is 2.39. The molecule has 0 aliphatic carbocycles. The molecule has 0 amide bonds. The van der Waals surface area contributed by atoms with Gasteiger partial charge in [0, 0.05) is 36.4 Å². The molecule has 2 atom stereocenters. The maximum absolute atomic E-state index is 11.4. The number of phenols is 1. The molecule has 3 heterocycles. The first-order valence-electron chi connectivity index (χ1n) is 10.3. The summed E-state index contributed by atoms with van der Waals surface area (Å²) in [5, 5.41) is 27.9. The first kappa shape index (κ1) is 19.2. The molecular weight excluding hydrogens is 394 g/mol. The number of fused-ring (bicyclic) bond motifs is 2. The van der Waals surface area contributed by atoms with Crippen LogP contribution in [0.25, 0.3) is 11.3 Å². The van der Waals surface area contributed by atoms with E-state index in [-0.39, 0.29) is 17.8 Å². The van der Waals surface area contributed by atoms with Crippen molar-refractivity contribution in [3.05, 3.63) is 60.2 Å². The number of nitrogen functional groups attached to an aromatic ring is 1. The van der Waals surface area contributed by atoms with Gasteiger partial charge in [0.2, 0.25) is 0 Å². The van der Waals surface area contributed by atoms with Crippen molar-refractivity contribution < 1.29 is 15.0 Å². The van der Waals surface area contributed by atoms with Gasteiger partial charge in [-0.15, -0.1) is 10.2 Å². The summed E-state index contributed by atoms with van der Waals surface area (Å²) in [5.41, 5.74) is 9.44. The fraction of sp³-hybridized carbons (Fsp3) is 0.261. The molecule has 2 aliphatic rings. The molecule has 2 fully saturated rings. The summed E-state index contributed by atoms with van der Waals surface area (Å²) in [6.45, 7) is 1.51. The molecule has 0 saturated carbocycles. The minimum atomic E-state index is -0.917. The van der Waals surface area contributed by atoms with Crippen molar-refractivity contribution in [1.29, 1.82) is 0 Å². The van der Waals surface area contributed by atoms with Gasteiger partial charge in [0.05, 0.1) is 16.9 Å². The smallest absolute Gasteiger partial charge is 0.335 e. The number of aromatic carboxylic acids is 1. The molecule has 2 aliphatic heterocycles. The molecule has 2 aromatic carbocycles. The number of carboxylic acid groups (broad SMARTS) is 1. The zero-order valence-electron chi connectivity index (χ0n) is 16.8. The normalized spacial score (nSPS) is 20.1. The van der Waals surface area contributed by atoms with Gasteiger partial charge in [0.25, 0.3) is 0 Å². The summed E-state index contributed by atoms with van der Waals surface area (Å²) in [7, 11) is 0. The Morgan fingerprint density at radius 3 is 2.45 bits per heavy atom. The van der Waals surface area contributed by atoms with E-state index in [4.69, 9.17) is 5.73 Å². The number of carboxylic acids is 1. The number of rotatable bonds is 4. The highest BCUT2D eigenvalue weighted by Gasteiger charge is 2.40. The van der Waals surface area contributed by atoms with Crippen LogP contribution in [0.4, 0.5) is 17.2 Å². The van der Waals surface area contributed by atoms with Crippen LogP contribution in [-0.2, 0) is 0 Å². The van der Waals surface area contributed by atoms with Crippen molar-refractivity contribution in [2.24, 2.45) is 0 Å².